The number of carbonyl (C=O) groups excluding carboxylic acids is 1. The van der Waals surface area contributed by atoms with Gasteiger partial charge in [0.25, 0.3) is 0 Å². The van der Waals surface area contributed by atoms with Crippen LogP contribution in [0.1, 0.15) is 24.8 Å². The minimum atomic E-state index is 0.0116. The van der Waals surface area contributed by atoms with Crippen LogP contribution in [0.4, 0.5) is 0 Å². The largest absolute Gasteiger partial charge is 0.341 e. The van der Waals surface area contributed by atoms with E-state index < -0.39 is 0 Å². The predicted octanol–water partition coefficient (Wildman–Crippen LogP) is 2.53. The maximum Gasteiger partial charge on any atom is 0.227 e. The third-order valence-corrected chi connectivity index (χ3v) is 4.40. The van der Waals surface area contributed by atoms with Gasteiger partial charge in [0, 0.05) is 24.1 Å². The van der Waals surface area contributed by atoms with E-state index in [4.69, 9.17) is 5.73 Å². The number of halogens is 1. The molecule has 0 aromatic heterocycles. The fraction of sp³-hybridized carbons (Fsp3) is 0.500. The molecular weight excluding hydrogens is 292 g/mol. The molecule has 0 radical (unpaired) electrons. The second-order valence-electron chi connectivity index (χ2n) is 4.99. The second-order valence-corrected chi connectivity index (χ2v) is 5.84. The number of nitrogens with two attached hydrogens (primary N) is 1. The zero-order valence-corrected chi connectivity index (χ0v) is 12.2. The van der Waals surface area contributed by atoms with Gasteiger partial charge in [-0.15, -0.1) is 0 Å². The lowest BCUT2D eigenvalue weighted by Gasteiger charge is -2.23. The summed E-state index contributed by atoms with van der Waals surface area (Å²) in [5.74, 6) is 0.188. The summed E-state index contributed by atoms with van der Waals surface area (Å²) in [6, 6.07) is 8.03. The average Bonchev–Trinajstić information content (AvgIpc) is 2.77. The fourth-order valence-corrected chi connectivity index (χ4v) is 2.95. The third-order valence-electron chi connectivity index (χ3n) is 3.63. The Morgan fingerprint density at radius 2 is 2.17 bits per heavy atom. The van der Waals surface area contributed by atoms with E-state index in [1.165, 1.54) is 0 Å². The number of rotatable bonds is 3. The van der Waals surface area contributed by atoms with Crippen molar-refractivity contribution in [3.05, 3.63) is 34.3 Å². The lowest BCUT2D eigenvalue weighted by atomic mass is 10.0. The minimum absolute atomic E-state index is 0.0116. The molecule has 0 bridgehead atoms. The highest BCUT2D eigenvalue weighted by atomic mass is 79.9. The number of hydrogen-bond donors (Lipinski definition) is 1. The summed E-state index contributed by atoms with van der Waals surface area (Å²) in [6.45, 7) is 0.628. The maximum absolute atomic E-state index is 12.3. The highest BCUT2D eigenvalue weighted by Crippen LogP contribution is 2.26. The first-order chi connectivity index (χ1) is 8.59. The highest BCUT2D eigenvalue weighted by molar-refractivity contribution is 9.10. The molecule has 1 aromatic carbocycles. The van der Waals surface area contributed by atoms with Crippen molar-refractivity contribution >= 4 is 21.8 Å². The van der Waals surface area contributed by atoms with Crippen LogP contribution in [-0.2, 0) is 11.3 Å². The molecule has 4 heteroatoms. The molecule has 1 aliphatic carbocycles. The van der Waals surface area contributed by atoms with Gasteiger partial charge < -0.3 is 10.6 Å². The Labute approximate surface area is 116 Å². The summed E-state index contributed by atoms with van der Waals surface area (Å²) in [6.07, 6.45) is 2.97. The molecule has 1 saturated carbocycles. The molecule has 2 atom stereocenters. The molecule has 1 amide bonds. The van der Waals surface area contributed by atoms with E-state index in [2.05, 4.69) is 15.9 Å². The van der Waals surface area contributed by atoms with Crippen LogP contribution in [0.5, 0.6) is 0 Å². The van der Waals surface area contributed by atoms with Crippen LogP contribution in [0.2, 0.25) is 0 Å². The number of benzene rings is 1. The maximum atomic E-state index is 12.3. The molecule has 2 rings (SSSR count). The van der Waals surface area contributed by atoms with Crippen molar-refractivity contribution in [2.45, 2.75) is 31.8 Å². The van der Waals surface area contributed by atoms with Gasteiger partial charge >= 0.3 is 0 Å². The van der Waals surface area contributed by atoms with Crippen molar-refractivity contribution in [2.75, 3.05) is 7.05 Å². The van der Waals surface area contributed by atoms with Gasteiger partial charge in [-0.3, -0.25) is 4.79 Å². The average molecular weight is 311 g/mol. The monoisotopic (exact) mass is 310 g/mol. The normalized spacial score (nSPS) is 23.1. The molecule has 3 nitrogen and oxygen atoms in total. The summed E-state index contributed by atoms with van der Waals surface area (Å²) in [5.41, 5.74) is 7.11. The molecule has 1 aromatic rings. The Morgan fingerprint density at radius 3 is 2.78 bits per heavy atom. The van der Waals surface area contributed by atoms with Crippen molar-refractivity contribution < 1.29 is 4.79 Å². The topological polar surface area (TPSA) is 46.3 Å². The van der Waals surface area contributed by atoms with Crippen LogP contribution >= 0.6 is 15.9 Å². The van der Waals surface area contributed by atoms with Gasteiger partial charge in [0.15, 0.2) is 0 Å². The van der Waals surface area contributed by atoms with Gasteiger partial charge in [0.1, 0.15) is 0 Å². The molecule has 98 valence electrons. The van der Waals surface area contributed by atoms with Crippen LogP contribution in [-0.4, -0.2) is 23.9 Å². The van der Waals surface area contributed by atoms with Crippen molar-refractivity contribution in [3.8, 4) is 0 Å². The van der Waals surface area contributed by atoms with Crippen LogP contribution in [0.25, 0.3) is 0 Å². The Balaban J connectivity index is 2.01. The smallest absolute Gasteiger partial charge is 0.227 e. The lowest BCUT2D eigenvalue weighted by molar-refractivity contribution is -0.134. The first-order valence-electron chi connectivity index (χ1n) is 6.33. The standard InChI is InChI=1S/C14H19BrN2O/c1-17(9-10-5-2-3-7-12(10)15)14(18)11-6-4-8-13(11)16/h2-3,5,7,11,13H,4,6,8-9,16H2,1H3. The van der Waals surface area contributed by atoms with Crippen LogP contribution in [0.15, 0.2) is 28.7 Å². The summed E-state index contributed by atoms with van der Waals surface area (Å²) in [4.78, 5) is 14.1. The molecule has 0 spiro atoms. The van der Waals surface area contributed by atoms with Gasteiger partial charge in [-0.05, 0) is 24.5 Å². The van der Waals surface area contributed by atoms with Crippen molar-refractivity contribution in [3.63, 3.8) is 0 Å². The van der Waals surface area contributed by atoms with Crippen LogP contribution < -0.4 is 5.73 Å². The van der Waals surface area contributed by atoms with Gasteiger partial charge in [-0.2, -0.15) is 0 Å². The fourth-order valence-electron chi connectivity index (χ4n) is 2.54. The first-order valence-corrected chi connectivity index (χ1v) is 7.13. The zero-order valence-electron chi connectivity index (χ0n) is 10.6. The Kier molecular flexibility index (Phi) is 4.40. The molecule has 0 saturated heterocycles. The van der Waals surface area contributed by atoms with E-state index in [9.17, 15) is 4.79 Å². The molecule has 0 heterocycles. The van der Waals surface area contributed by atoms with E-state index in [1.54, 1.807) is 4.90 Å². The number of nitrogens with zero attached hydrogens (tertiary/aromatic N) is 1. The molecule has 2 unspecified atom stereocenters. The van der Waals surface area contributed by atoms with E-state index in [1.807, 2.05) is 31.3 Å². The van der Waals surface area contributed by atoms with Gasteiger partial charge in [-0.1, -0.05) is 40.5 Å². The lowest BCUT2D eigenvalue weighted by Crippen LogP contribution is -2.39. The zero-order chi connectivity index (χ0) is 13.1. The highest BCUT2D eigenvalue weighted by Gasteiger charge is 2.32. The molecular formula is C14H19BrN2O. The molecule has 18 heavy (non-hydrogen) atoms. The van der Waals surface area contributed by atoms with Gasteiger partial charge in [-0.25, -0.2) is 0 Å². The van der Waals surface area contributed by atoms with E-state index in [-0.39, 0.29) is 17.9 Å². The van der Waals surface area contributed by atoms with Crippen LogP contribution in [0.3, 0.4) is 0 Å². The van der Waals surface area contributed by atoms with Crippen molar-refractivity contribution in [1.82, 2.24) is 4.90 Å². The van der Waals surface area contributed by atoms with Crippen LogP contribution in [0, 0.1) is 5.92 Å². The summed E-state index contributed by atoms with van der Waals surface area (Å²) in [5, 5.41) is 0. The number of carbonyl (C=O) groups is 1. The third kappa shape index (κ3) is 2.93. The van der Waals surface area contributed by atoms with E-state index in [0.29, 0.717) is 6.54 Å². The van der Waals surface area contributed by atoms with Crippen molar-refractivity contribution in [1.29, 1.82) is 0 Å². The van der Waals surface area contributed by atoms with Crippen molar-refractivity contribution in [2.24, 2.45) is 11.7 Å². The summed E-state index contributed by atoms with van der Waals surface area (Å²) in [7, 11) is 1.85. The van der Waals surface area contributed by atoms with E-state index >= 15 is 0 Å². The van der Waals surface area contributed by atoms with E-state index in [0.717, 1.165) is 29.3 Å². The molecule has 0 aliphatic heterocycles. The Morgan fingerprint density at radius 1 is 1.44 bits per heavy atom. The molecule has 1 fully saturated rings. The quantitative estimate of drug-likeness (QED) is 0.932. The van der Waals surface area contributed by atoms with Gasteiger partial charge in [0.2, 0.25) is 5.91 Å². The SMILES string of the molecule is CN(Cc1ccccc1Br)C(=O)C1CCCC1N. The second kappa shape index (κ2) is 5.85. The van der Waals surface area contributed by atoms with Gasteiger partial charge in [0.05, 0.1) is 5.92 Å². The predicted molar refractivity (Wildman–Crippen MR) is 75.9 cm³/mol. The molecule has 2 N–H and O–H groups in total. The number of amides is 1. The minimum Gasteiger partial charge on any atom is -0.341 e. The molecule has 1 aliphatic rings. The summed E-state index contributed by atoms with van der Waals surface area (Å²) < 4.78 is 1.04. The Hall–Kier alpha value is -0.870. The Bertz CT molecular complexity index is 436. The number of hydrogen-bond acceptors (Lipinski definition) is 2. The first kappa shape index (κ1) is 13.6. The summed E-state index contributed by atoms with van der Waals surface area (Å²) >= 11 is 3.51.